The lowest BCUT2D eigenvalue weighted by molar-refractivity contribution is -0.120. The van der Waals surface area contributed by atoms with Gasteiger partial charge in [-0.25, -0.2) is 0 Å². The first-order valence-electron chi connectivity index (χ1n) is 10.9. The van der Waals surface area contributed by atoms with E-state index in [9.17, 15) is 4.79 Å². The van der Waals surface area contributed by atoms with E-state index in [0.29, 0.717) is 30.3 Å². The Kier molecular flexibility index (Phi) is 8.19. The third-order valence-corrected chi connectivity index (χ3v) is 5.86. The van der Waals surface area contributed by atoms with Gasteiger partial charge in [-0.3, -0.25) is 9.69 Å². The highest BCUT2D eigenvalue weighted by atomic mass is 32.1. The van der Waals surface area contributed by atoms with E-state index in [1.807, 2.05) is 42.5 Å². The molecule has 168 valence electrons. The number of rotatable bonds is 10. The molecular formula is C24H28N4O3S. The number of carbonyl (C=O) groups is 1. The number of hydrogen-bond acceptors (Lipinski definition) is 7. The van der Waals surface area contributed by atoms with E-state index in [1.54, 1.807) is 0 Å². The van der Waals surface area contributed by atoms with Crippen molar-refractivity contribution in [1.82, 2.24) is 19.6 Å². The van der Waals surface area contributed by atoms with Crippen LogP contribution in [0.15, 0.2) is 54.6 Å². The molecule has 0 radical (unpaired) electrons. The molecule has 1 aromatic heterocycles. The lowest BCUT2D eigenvalue weighted by atomic mass is 10.1. The second-order valence-electron chi connectivity index (χ2n) is 7.72. The number of morpholine rings is 1. The van der Waals surface area contributed by atoms with Crippen LogP contribution in [-0.4, -0.2) is 59.6 Å². The zero-order chi connectivity index (χ0) is 22.0. The predicted molar refractivity (Wildman–Crippen MR) is 124 cm³/mol. The minimum absolute atomic E-state index is 0.0373. The maximum absolute atomic E-state index is 12.2. The minimum atomic E-state index is 0.0373. The molecule has 0 bridgehead atoms. The quantitative estimate of drug-likeness (QED) is 0.476. The summed E-state index contributed by atoms with van der Waals surface area (Å²) in [5, 5.41) is 3.52. The molecule has 2 aromatic carbocycles. The molecule has 32 heavy (non-hydrogen) atoms. The molecule has 8 heteroatoms. The molecule has 1 saturated heterocycles. The summed E-state index contributed by atoms with van der Waals surface area (Å²) >= 11 is 1.24. The standard InChI is InChI=1S/C24H28N4O3S/c29-23(25-11-4-12-28-13-15-30-16-14-28)18-20-7-9-21(10-8-20)31-24-26-22(27-32-24)17-19-5-2-1-3-6-19/h1-3,5-10H,4,11-18H2,(H,25,29). The van der Waals surface area contributed by atoms with Gasteiger partial charge in [0.2, 0.25) is 5.91 Å². The number of carbonyl (C=O) groups excluding carboxylic acids is 1. The van der Waals surface area contributed by atoms with Gasteiger partial charge in [-0.1, -0.05) is 42.5 Å². The molecule has 1 aliphatic heterocycles. The number of ether oxygens (including phenoxy) is 2. The molecule has 0 unspecified atom stereocenters. The average molecular weight is 453 g/mol. The van der Waals surface area contributed by atoms with Gasteiger partial charge in [-0.2, -0.15) is 9.36 Å². The Labute approximate surface area is 192 Å². The van der Waals surface area contributed by atoms with Crippen molar-refractivity contribution < 1.29 is 14.3 Å². The van der Waals surface area contributed by atoms with Crippen molar-refractivity contribution >= 4 is 17.4 Å². The van der Waals surface area contributed by atoms with Crippen molar-refractivity contribution in [3.05, 3.63) is 71.5 Å². The molecule has 7 nitrogen and oxygen atoms in total. The summed E-state index contributed by atoms with van der Waals surface area (Å²) in [5.74, 6) is 1.47. The van der Waals surface area contributed by atoms with Crippen LogP contribution < -0.4 is 10.1 Å². The van der Waals surface area contributed by atoms with Gasteiger partial charge in [0.25, 0.3) is 5.19 Å². The Morgan fingerprint density at radius 3 is 2.62 bits per heavy atom. The summed E-state index contributed by atoms with van der Waals surface area (Å²) in [6, 6.07) is 17.7. The Bertz CT molecular complexity index is 972. The smallest absolute Gasteiger partial charge is 0.298 e. The van der Waals surface area contributed by atoms with Gasteiger partial charge in [-0.15, -0.1) is 0 Å². The van der Waals surface area contributed by atoms with E-state index in [4.69, 9.17) is 9.47 Å². The first kappa shape index (κ1) is 22.4. The fourth-order valence-electron chi connectivity index (χ4n) is 3.51. The summed E-state index contributed by atoms with van der Waals surface area (Å²) in [7, 11) is 0. The van der Waals surface area contributed by atoms with Crippen LogP contribution in [0.2, 0.25) is 0 Å². The molecule has 4 rings (SSSR count). The van der Waals surface area contributed by atoms with Gasteiger partial charge in [0.05, 0.1) is 19.6 Å². The lowest BCUT2D eigenvalue weighted by Gasteiger charge is -2.26. The summed E-state index contributed by atoms with van der Waals surface area (Å²) in [6.45, 7) is 5.26. The van der Waals surface area contributed by atoms with Gasteiger partial charge in [0.15, 0.2) is 5.82 Å². The van der Waals surface area contributed by atoms with Crippen molar-refractivity contribution in [3.63, 3.8) is 0 Å². The number of aromatic nitrogens is 2. The van der Waals surface area contributed by atoms with Crippen molar-refractivity contribution in [2.45, 2.75) is 19.3 Å². The Morgan fingerprint density at radius 1 is 1.06 bits per heavy atom. The molecule has 1 amide bonds. The maximum atomic E-state index is 12.2. The van der Waals surface area contributed by atoms with Crippen LogP contribution in [-0.2, 0) is 22.4 Å². The predicted octanol–water partition coefficient (Wildman–Crippen LogP) is 3.30. The van der Waals surface area contributed by atoms with Gasteiger partial charge in [0, 0.05) is 37.6 Å². The van der Waals surface area contributed by atoms with Crippen molar-refractivity contribution in [2.24, 2.45) is 0 Å². The molecule has 0 saturated carbocycles. The van der Waals surface area contributed by atoms with Crippen LogP contribution >= 0.6 is 11.5 Å². The highest BCUT2D eigenvalue weighted by molar-refractivity contribution is 7.07. The normalized spacial score (nSPS) is 14.2. The second kappa shape index (κ2) is 11.7. The van der Waals surface area contributed by atoms with E-state index >= 15 is 0 Å². The fourth-order valence-corrected chi connectivity index (χ4v) is 4.08. The van der Waals surface area contributed by atoms with E-state index in [0.717, 1.165) is 50.7 Å². The highest BCUT2D eigenvalue weighted by Gasteiger charge is 2.10. The number of nitrogens with one attached hydrogen (secondary N) is 1. The SMILES string of the molecule is O=C(Cc1ccc(Oc2nc(Cc3ccccc3)ns2)cc1)NCCCN1CCOCC1. The van der Waals surface area contributed by atoms with E-state index in [-0.39, 0.29) is 5.91 Å². The topological polar surface area (TPSA) is 76.6 Å². The molecule has 0 spiro atoms. The lowest BCUT2D eigenvalue weighted by Crippen LogP contribution is -2.38. The Morgan fingerprint density at radius 2 is 1.84 bits per heavy atom. The summed E-state index contributed by atoms with van der Waals surface area (Å²) < 4.78 is 15.5. The van der Waals surface area contributed by atoms with Crippen molar-refractivity contribution in [2.75, 3.05) is 39.4 Å². The number of benzene rings is 2. The molecule has 1 N–H and O–H groups in total. The van der Waals surface area contributed by atoms with Gasteiger partial charge < -0.3 is 14.8 Å². The molecular weight excluding hydrogens is 424 g/mol. The summed E-state index contributed by atoms with van der Waals surface area (Å²) in [4.78, 5) is 19.0. The zero-order valence-corrected chi connectivity index (χ0v) is 18.9. The van der Waals surface area contributed by atoms with Crippen LogP contribution in [0.5, 0.6) is 10.9 Å². The van der Waals surface area contributed by atoms with E-state index in [2.05, 4.69) is 31.7 Å². The van der Waals surface area contributed by atoms with E-state index < -0.39 is 0 Å². The third kappa shape index (κ3) is 7.12. The maximum Gasteiger partial charge on any atom is 0.298 e. The van der Waals surface area contributed by atoms with Crippen LogP contribution in [0, 0.1) is 0 Å². The van der Waals surface area contributed by atoms with Crippen LogP contribution in [0.25, 0.3) is 0 Å². The van der Waals surface area contributed by atoms with Crippen molar-refractivity contribution in [3.8, 4) is 10.9 Å². The van der Waals surface area contributed by atoms with Gasteiger partial charge in [-0.05, 0) is 36.2 Å². The third-order valence-electron chi connectivity index (χ3n) is 5.22. The minimum Gasteiger partial charge on any atom is -0.430 e. The Balaban J connectivity index is 1.18. The molecule has 3 aromatic rings. The zero-order valence-electron chi connectivity index (χ0n) is 18.0. The monoisotopic (exact) mass is 452 g/mol. The van der Waals surface area contributed by atoms with E-state index in [1.165, 1.54) is 17.1 Å². The number of nitrogens with zero attached hydrogens (tertiary/aromatic N) is 3. The van der Waals surface area contributed by atoms with Gasteiger partial charge in [0.1, 0.15) is 5.75 Å². The first-order chi connectivity index (χ1) is 15.7. The van der Waals surface area contributed by atoms with Crippen LogP contribution in [0.1, 0.15) is 23.4 Å². The molecule has 0 aliphatic carbocycles. The highest BCUT2D eigenvalue weighted by Crippen LogP contribution is 2.24. The first-order valence-corrected chi connectivity index (χ1v) is 11.7. The molecule has 0 atom stereocenters. The van der Waals surface area contributed by atoms with Crippen LogP contribution in [0.4, 0.5) is 0 Å². The number of hydrogen-bond donors (Lipinski definition) is 1. The van der Waals surface area contributed by atoms with Crippen LogP contribution in [0.3, 0.4) is 0 Å². The average Bonchev–Trinajstić information content (AvgIpc) is 3.26. The number of amides is 1. The molecule has 2 heterocycles. The second-order valence-corrected chi connectivity index (χ2v) is 8.43. The van der Waals surface area contributed by atoms with Gasteiger partial charge >= 0.3 is 0 Å². The fraction of sp³-hybridized carbons (Fsp3) is 0.375. The Hall–Kier alpha value is -2.81. The summed E-state index contributed by atoms with van der Waals surface area (Å²) in [6.07, 6.45) is 1.99. The largest absolute Gasteiger partial charge is 0.430 e. The summed E-state index contributed by atoms with van der Waals surface area (Å²) in [5.41, 5.74) is 2.12. The molecule has 1 fully saturated rings. The molecule has 1 aliphatic rings. The van der Waals surface area contributed by atoms with Crippen molar-refractivity contribution in [1.29, 1.82) is 0 Å².